The summed E-state index contributed by atoms with van der Waals surface area (Å²) in [5.41, 5.74) is -0.0701. The maximum Gasteiger partial charge on any atom is 0.334 e. The Kier molecular flexibility index (Phi) is 7.08. The van der Waals surface area contributed by atoms with Crippen LogP contribution in [0.15, 0.2) is 29.5 Å². The summed E-state index contributed by atoms with van der Waals surface area (Å²) in [6.07, 6.45) is 11.3. The van der Waals surface area contributed by atoms with Crippen molar-refractivity contribution in [1.29, 1.82) is 0 Å². The molecular weight excluding hydrogens is 326 g/mol. The van der Waals surface area contributed by atoms with Crippen molar-refractivity contribution in [3.63, 3.8) is 0 Å². The first-order valence-electron chi connectivity index (χ1n) is 9.67. The van der Waals surface area contributed by atoms with Gasteiger partial charge in [0.2, 0.25) is 0 Å². The van der Waals surface area contributed by atoms with Gasteiger partial charge in [0, 0.05) is 18.4 Å². The summed E-state index contributed by atoms with van der Waals surface area (Å²) in [7, 11) is 0. The van der Waals surface area contributed by atoms with Crippen molar-refractivity contribution in [2.24, 2.45) is 5.16 Å². The van der Waals surface area contributed by atoms with Gasteiger partial charge in [0.1, 0.15) is 0 Å². The lowest BCUT2D eigenvalue weighted by Gasteiger charge is -2.34. The molecule has 2 aliphatic rings. The highest BCUT2D eigenvalue weighted by Gasteiger charge is 2.37. The van der Waals surface area contributed by atoms with Crippen LogP contribution in [0.1, 0.15) is 78.1 Å². The van der Waals surface area contributed by atoms with Gasteiger partial charge in [0.15, 0.2) is 11.2 Å². The summed E-state index contributed by atoms with van der Waals surface area (Å²) in [5.74, 6) is 6.29. The van der Waals surface area contributed by atoms with Gasteiger partial charge in [-0.25, -0.2) is 4.79 Å². The molecule has 0 bridgehead atoms. The Labute approximate surface area is 157 Å². The summed E-state index contributed by atoms with van der Waals surface area (Å²) in [4.78, 5) is 18.0. The average Bonchev–Trinajstić information content (AvgIpc) is 2.61. The molecule has 142 valence electrons. The molecule has 0 unspecified atom stereocenters. The van der Waals surface area contributed by atoms with Crippen LogP contribution in [0.3, 0.4) is 0 Å². The second kappa shape index (κ2) is 9.07. The Bertz CT molecular complexity index is 624. The molecule has 0 aromatic heterocycles. The Morgan fingerprint density at radius 2 is 1.42 bits per heavy atom. The number of rotatable bonds is 5. The monoisotopic (exact) mass is 357 g/mol. The van der Waals surface area contributed by atoms with E-state index in [0.29, 0.717) is 5.57 Å². The smallest absolute Gasteiger partial charge is 0.334 e. The first kappa shape index (κ1) is 20.3. The van der Waals surface area contributed by atoms with Crippen LogP contribution >= 0.6 is 0 Å². The number of esters is 1. The zero-order chi connectivity index (χ0) is 19.0. The lowest BCUT2D eigenvalue weighted by molar-refractivity contribution is -0.151. The third-order valence-corrected chi connectivity index (χ3v) is 4.98. The van der Waals surface area contributed by atoms with Gasteiger partial charge in [0.25, 0.3) is 0 Å². The molecule has 0 heterocycles. The fourth-order valence-electron chi connectivity index (χ4n) is 3.45. The summed E-state index contributed by atoms with van der Waals surface area (Å²) >= 11 is 0. The first-order chi connectivity index (χ1) is 12.4. The molecule has 2 fully saturated rings. The molecule has 0 N–H and O–H groups in total. The third-order valence-electron chi connectivity index (χ3n) is 4.98. The Morgan fingerprint density at radius 3 is 1.92 bits per heavy atom. The predicted octanol–water partition coefficient (Wildman–Crippen LogP) is 5.09. The highest BCUT2D eigenvalue weighted by Crippen LogP contribution is 2.35. The Balaban J connectivity index is 2.25. The molecule has 2 rings (SSSR count). The van der Waals surface area contributed by atoms with Gasteiger partial charge in [-0.05, 0) is 63.9 Å². The predicted molar refractivity (Wildman–Crippen MR) is 105 cm³/mol. The average molecular weight is 357 g/mol. The van der Waals surface area contributed by atoms with Crippen molar-refractivity contribution >= 4 is 12.2 Å². The number of allylic oxidation sites excluding steroid dienone is 1. The maximum absolute atomic E-state index is 12.1. The number of carbonyl (C=O) groups is 1. The van der Waals surface area contributed by atoms with Crippen LogP contribution in [0.5, 0.6) is 0 Å². The van der Waals surface area contributed by atoms with Gasteiger partial charge >= 0.3 is 5.97 Å². The van der Waals surface area contributed by atoms with Crippen molar-refractivity contribution in [2.45, 2.75) is 89.3 Å². The molecular formula is C22H31NO3. The quantitative estimate of drug-likeness (QED) is 0.226. The number of ether oxygens (including phenoxy) is 1. The van der Waals surface area contributed by atoms with E-state index in [0.717, 1.165) is 63.4 Å². The lowest BCUT2D eigenvalue weighted by Crippen LogP contribution is -2.38. The van der Waals surface area contributed by atoms with Crippen LogP contribution in [-0.2, 0) is 14.4 Å². The molecule has 0 amide bonds. The Morgan fingerprint density at radius 1 is 0.923 bits per heavy atom. The van der Waals surface area contributed by atoms with E-state index in [2.05, 4.69) is 30.2 Å². The van der Waals surface area contributed by atoms with Gasteiger partial charge in [-0.3, -0.25) is 0 Å². The fourth-order valence-corrected chi connectivity index (χ4v) is 3.45. The lowest BCUT2D eigenvalue weighted by atomic mass is 9.81. The molecule has 2 saturated carbocycles. The number of oxime groups is 1. The van der Waals surface area contributed by atoms with Crippen LogP contribution in [0.2, 0.25) is 0 Å². The van der Waals surface area contributed by atoms with Crippen LogP contribution in [0.4, 0.5) is 0 Å². The maximum atomic E-state index is 12.1. The molecule has 0 aromatic carbocycles. The second-order valence-electron chi connectivity index (χ2n) is 7.70. The normalized spacial score (nSPS) is 21.3. The summed E-state index contributed by atoms with van der Waals surface area (Å²) in [5, 5.41) is 4.09. The van der Waals surface area contributed by atoms with E-state index in [9.17, 15) is 4.79 Å². The van der Waals surface area contributed by atoms with Crippen LogP contribution in [0, 0.1) is 11.8 Å². The largest absolute Gasteiger partial charge is 0.442 e. The standard InChI is InChI=1S/C22H31NO3/c1-18(2)17-23-26-22(13-9-6-10-14-22)16-15-21(11-7-5-8-12-21)25-20(24)19(3)4/h17H,1,3,5-14H2,2,4H3. The zero-order valence-corrected chi connectivity index (χ0v) is 16.2. The van der Waals surface area contributed by atoms with Gasteiger partial charge in [-0.1, -0.05) is 37.1 Å². The topological polar surface area (TPSA) is 47.9 Å². The summed E-state index contributed by atoms with van der Waals surface area (Å²) in [6.45, 7) is 11.1. The molecule has 0 radical (unpaired) electrons. The second-order valence-corrected chi connectivity index (χ2v) is 7.70. The number of carbonyl (C=O) groups excluding carboxylic acids is 1. The minimum atomic E-state index is -0.722. The van der Waals surface area contributed by atoms with Gasteiger partial charge in [0.05, 0.1) is 6.21 Å². The van der Waals surface area contributed by atoms with Crippen molar-refractivity contribution in [1.82, 2.24) is 0 Å². The highest BCUT2D eigenvalue weighted by atomic mass is 16.6. The van der Waals surface area contributed by atoms with E-state index >= 15 is 0 Å². The molecule has 0 aromatic rings. The number of hydrogen-bond acceptors (Lipinski definition) is 4. The molecule has 2 aliphatic carbocycles. The van der Waals surface area contributed by atoms with Gasteiger partial charge in [-0.15, -0.1) is 0 Å². The molecule has 4 nitrogen and oxygen atoms in total. The molecule has 0 aliphatic heterocycles. The number of nitrogens with zero attached hydrogens (tertiary/aromatic N) is 1. The van der Waals surface area contributed by atoms with E-state index in [1.165, 1.54) is 6.42 Å². The van der Waals surface area contributed by atoms with Crippen molar-refractivity contribution in [3.05, 3.63) is 24.3 Å². The summed E-state index contributed by atoms with van der Waals surface area (Å²) in [6, 6.07) is 0. The van der Waals surface area contributed by atoms with Gasteiger partial charge < -0.3 is 9.57 Å². The van der Waals surface area contributed by atoms with Crippen molar-refractivity contribution < 1.29 is 14.4 Å². The first-order valence-corrected chi connectivity index (χ1v) is 9.67. The zero-order valence-electron chi connectivity index (χ0n) is 16.2. The van der Waals surface area contributed by atoms with Crippen LogP contribution in [-0.4, -0.2) is 23.4 Å². The van der Waals surface area contributed by atoms with E-state index in [1.54, 1.807) is 13.1 Å². The molecule has 0 atom stereocenters. The highest BCUT2D eigenvalue weighted by molar-refractivity contribution is 5.87. The van der Waals surface area contributed by atoms with E-state index in [-0.39, 0.29) is 5.97 Å². The van der Waals surface area contributed by atoms with Crippen LogP contribution < -0.4 is 0 Å². The van der Waals surface area contributed by atoms with Crippen molar-refractivity contribution in [2.75, 3.05) is 0 Å². The van der Waals surface area contributed by atoms with E-state index < -0.39 is 11.2 Å². The third kappa shape index (κ3) is 5.76. The van der Waals surface area contributed by atoms with E-state index in [4.69, 9.17) is 9.57 Å². The van der Waals surface area contributed by atoms with Gasteiger partial charge in [-0.2, -0.15) is 0 Å². The fraction of sp³-hybridized carbons (Fsp3) is 0.636. The molecule has 0 spiro atoms. The SMILES string of the molecule is C=C(C)C=NOC1(C#CC2(OC(=O)C(=C)C)CCCCC2)CCCCC1. The van der Waals surface area contributed by atoms with Crippen molar-refractivity contribution in [3.8, 4) is 11.8 Å². The molecule has 26 heavy (non-hydrogen) atoms. The number of hydrogen-bond donors (Lipinski definition) is 0. The summed E-state index contributed by atoms with van der Waals surface area (Å²) < 4.78 is 5.80. The minimum Gasteiger partial charge on any atom is -0.442 e. The molecule has 4 heteroatoms. The van der Waals surface area contributed by atoms with Crippen LogP contribution in [0.25, 0.3) is 0 Å². The minimum absolute atomic E-state index is 0.361. The molecule has 0 saturated heterocycles. The van der Waals surface area contributed by atoms with E-state index in [1.807, 2.05) is 6.92 Å². The Hall–Kier alpha value is -2.02.